The van der Waals surface area contributed by atoms with Crippen molar-refractivity contribution < 1.29 is 14.3 Å². The Hall–Kier alpha value is -2.96. The first-order valence-corrected chi connectivity index (χ1v) is 11.8. The van der Waals surface area contributed by atoms with Crippen LogP contribution in [0.4, 0.5) is 0 Å². The number of carbonyl (C=O) groups excluding carboxylic acids is 2. The Morgan fingerprint density at radius 1 is 1.09 bits per heavy atom. The van der Waals surface area contributed by atoms with Gasteiger partial charge in [0.1, 0.15) is 0 Å². The molecule has 2 aromatic rings. The number of ether oxygens (including phenoxy) is 1. The van der Waals surface area contributed by atoms with Crippen molar-refractivity contribution in [3.63, 3.8) is 0 Å². The molecule has 174 valence electrons. The van der Waals surface area contributed by atoms with Gasteiger partial charge in [0.15, 0.2) is 0 Å². The van der Waals surface area contributed by atoms with E-state index in [1.54, 1.807) is 6.08 Å². The van der Waals surface area contributed by atoms with E-state index in [4.69, 9.17) is 4.74 Å². The molecule has 6 heteroatoms. The van der Waals surface area contributed by atoms with Gasteiger partial charge in [0.2, 0.25) is 5.91 Å². The summed E-state index contributed by atoms with van der Waals surface area (Å²) < 4.78 is 5.46. The molecule has 0 bridgehead atoms. The van der Waals surface area contributed by atoms with E-state index in [0.29, 0.717) is 18.2 Å². The van der Waals surface area contributed by atoms with Crippen LogP contribution in [0.15, 0.2) is 60.7 Å². The summed E-state index contributed by atoms with van der Waals surface area (Å²) in [6.45, 7) is 6.78. The smallest absolute Gasteiger partial charge is 0.251 e. The second-order valence-electron chi connectivity index (χ2n) is 8.92. The molecule has 0 radical (unpaired) electrons. The van der Waals surface area contributed by atoms with Crippen LogP contribution in [0.3, 0.4) is 0 Å². The summed E-state index contributed by atoms with van der Waals surface area (Å²) >= 11 is 0. The van der Waals surface area contributed by atoms with E-state index in [1.807, 2.05) is 53.4 Å². The molecular weight excluding hydrogens is 414 g/mol. The van der Waals surface area contributed by atoms with Crippen LogP contribution in [-0.4, -0.2) is 66.5 Å². The lowest BCUT2D eigenvalue weighted by Crippen LogP contribution is -2.47. The van der Waals surface area contributed by atoms with Crippen molar-refractivity contribution in [3.8, 4) is 0 Å². The lowest BCUT2D eigenvalue weighted by atomic mass is 10.1. The molecule has 0 spiro atoms. The molecule has 1 saturated carbocycles. The van der Waals surface area contributed by atoms with E-state index in [9.17, 15) is 9.59 Å². The quantitative estimate of drug-likeness (QED) is 0.599. The topological polar surface area (TPSA) is 61.9 Å². The van der Waals surface area contributed by atoms with Crippen LogP contribution >= 0.6 is 0 Å². The van der Waals surface area contributed by atoms with Gasteiger partial charge < -0.3 is 15.0 Å². The zero-order valence-corrected chi connectivity index (χ0v) is 19.3. The van der Waals surface area contributed by atoms with Crippen molar-refractivity contribution in [3.05, 3.63) is 77.4 Å². The van der Waals surface area contributed by atoms with Crippen LogP contribution in [0.25, 0.3) is 6.08 Å². The number of nitrogens with zero attached hydrogens (tertiary/aromatic N) is 2. The third-order valence-electron chi connectivity index (χ3n) is 6.14. The zero-order chi connectivity index (χ0) is 23.0. The van der Waals surface area contributed by atoms with Crippen molar-refractivity contribution in [2.24, 2.45) is 0 Å². The minimum atomic E-state index is -0.0323. The second-order valence-corrected chi connectivity index (χ2v) is 8.92. The van der Waals surface area contributed by atoms with Gasteiger partial charge in [-0.2, -0.15) is 0 Å². The Labute approximate surface area is 196 Å². The Balaban J connectivity index is 1.41. The Morgan fingerprint density at radius 2 is 1.79 bits per heavy atom. The number of rotatable bonds is 9. The van der Waals surface area contributed by atoms with Crippen LogP contribution in [0, 0.1) is 0 Å². The predicted octanol–water partition coefficient (Wildman–Crippen LogP) is 3.34. The maximum Gasteiger partial charge on any atom is 0.251 e. The van der Waals surface area contributed by atoms with Crippen LogP contribution < -0.4 is 5.32 Å². The number of hydrogen-bond acceptors (Lipinski definition) is 4. The standard InChI is InChI=1S/C27H33N3O3/c1-21(19-29-15-17-33-18-16-29)30(20-23-5-3-2-4-6-23)26(31)14-9-22-7-10-24(11-8-22)27(32)28-25-12-13-25/h2-11,14,21,25H,12-13,15-20H2,1H3,(H,28,32)/b14-9+. The molecule has 2 amide bonds. The number of morpholine rings is 1. The van der Waals surface area contributed by atoms with Crippen molar-refractivity contribution in [2.45, 2.75) is 38.4 Å². The third-order valence-corrected chi connectivity index (χ3v) is 6.14. The van der Waals surface area contributed by atoms with Gasteiger partial charge in [-0.1, -0.05) is 42.5 Å². The predicted molar refractivity (Wildman–Crippen MR) is 130 cm³/mol. The first-order chi connectivity index (χ1) is 16.1. The van der Waals surface area contributed by atoms with E-state index in [-0.39, 0.29) is 17.9 Å². The highest BCUT2D eigenvalue weighted by atomic mass is 16.5. The molecule has 1 aliphatic carbocycles. The van der Waals surface area contributed by atoms with Crippen LogP contribution in [0.5, 0.6) is 0 Å². The zero-order valence-electron chi connectivity index (χ0n) is 19.3. The SMILES string of the molecule is CC(CN1CCOCC1)N(Cc1ccccc1)C(=O)/C=C/c1ccc(C(=O)NC2CC2)cc1. The average molecular weight is 448 g/mol. The number of carbonyl (C=O) groups is 2. The highest BCUT2D eigenvalue weighted by Crippen LogP contribution is 2.19. The van der Waals surface area contributed by atoms with E-state index < -0.39 is 0 Å². The molecule has 2 aromatic carbocycles. The first-order valence-electron chi connectivity index (χ1n) is 11.8. The number of nitrogens with one attached hydrogen (secondary N) is 1. The molecule has 4 rings (SSSR count). The number of hydrogen-bond donors (Lipinski definition) is 1. The van der Waals surface area contributed by atoms with Gasteiger partial charge in [0, 0.05) is 49.9 Å². The van der Waals surface area contributed by atoms with Gasteiger partial charge in [-0.05, 0) is 49.1 Å². The Morgan fingerprint density at radius 3 is 2.45 bits per heavy atom. The first kappa shape index (κ1) is 23.2. The van der Waals surface area contributed by atoms with Crippen LogP contribution in [0.1, 0.15) is 41.3 Å². The normalized spacial score (nSPS) is 17.6. The van der Waals surface area contributed by atoms with Crippen LogP contribution in [0.2, 0.25) is 0 Å². The molecule has 1 unspecified atom stereocenters. The second kappa shape index (κ2) is 11.3. The number of benzene rings is 2. The lowest BCUT2D eigenvalue weighted by Gasteiger charge is -2.34. The van der Waals surface area contributed by atoms with Crippen molar-refractivity contribution in [2.75, 3.05) is 32.8 Å². The summed E-state index contributed by atoms with van der Waals surface area (Å²) in [4.78, 5) is 29.7. The number of amides is 2. The highest BCUT2D eigenvalue weighted by molar-refractivity contribution is 5.95. The molecule has 2 aliphatic rings. The third kappa shape index (κ3) is 7.01. The van der Waals surface area contributed by atoms with Crippen molar-refractivity contribution in [1.29, 1.82) is 0 Å². The highest BCUT2D eigenvalue weighted by Gasteiger charge is 2.24. The minimum Gasteiger partial charge on any atom is -0.379 e. The van der Waals surface area contributed by atoms with E-state index >= 15 is 0 Å². The van der Waals surface area contributed by atoms with Crippen molar-refractivity contribution >= 4 is 17.9 Å². The Bertz CT molecular complexity index is 948. The molecular formula is C27H33N3O3. The van der Waals surface area contributed by atoms with Crippen molar-refractivity contribution in [1.82, 2.24) is 15.1 Å². The largest absolute Gasteiger partial charge is 0.379 e. The molecule has 0 aromatic heterocycles. The van der Waals surface area contributed by atoms with E-state index in [1.165, 1.54) is 0 Å². The summed E-state index contributed by atoms with van der Waals surface area (Å²) in [7, 11) is 0. The summed E-state index contributed by atoms with van der Waals surface area (Å²) in [6.07, 6.45) is 5.60. The minimum absolute atomic E-state index is 0.0184. The molecule has 1 aliphatic heterocycles. The molecule has 2 fully saturated rings. The fourth-order valence-corrected chi connectivity index (χ4v) is 3.99. The maximum absolute atomic E-state index is 13.2. The van der Waals surface area contributed by atoms with Gasteiger partial charge in [-0.25, -0.2) is 0 Å². The fraction of sp³-hybridized carbons (Fsp3) is 0.407. The van der Waals surface area contributed by atoms with E-state index in [0.717, 1.165) is 56.8 Å². The monoisotopic (exact) mass is 447 g/mol. The summed E-state index contributed by atoms with van der Waals surface area (Å²) in [5.74, 6) is -0.0507. The maximum atomic E-state index is 13.2. The summed E-state index contributed by atoms with van der Waals surface area (Å²) in [5, 5.41) is 2.99. The molecule has 6 nitrogen and oxygen atoms in total. The van der Waals surface area contributed by atoms with Gasteiger partial charge in [0.05, 0.1) is 13.2 Å². The molecule has 1 atom stereocenters. The van der Waals surface area contributed by atoms with Gasteiger partial charge in [0.25, 0.3) is 5.91 Å². The lowest BCUT2D eigenvalue weighted by molar-refractivity contribution is -0.129. The summed E-state index contributed by atoms with van der Waals surface area (Å²) in [6, 6.07) is 17.9. The average Bonchev–Trinajstić information content (AvgIpc) is 3.66. The van der Waals surface area contributed by atoms with E-state index in [2.05, 4.69) is 29.3 Å². The molecule has 33 heavy (non-hydrogen) atoms. The van der Waals surface area contributed by atoms with Gasteiger partial charge in [-0.15, -0.1) is 0 Å². The Kier molecular flexibility index (Phi) is 7.92. The fourth-order valence-electron chi connectivity index (χ4n) is 3.99. The molecule has 1 N–H and O–H groups in total. The van der Waals surface area contributed by atoms with Gasteiger partial charge in [-0.3, -0.25) is 14.5 Å². The molecule has 1 saturated heterocycles. The van der Waals surface area contributed by atoms with Crippen LogP contribution in [-0.2, 0) is 16.1 Å². The van der Waals surface area contributed by atoms with Gasteiger partial charge >= 0.3 is 0 Å². The molecule has 1 heterocycles. The summed E-state index contributed by atoms with van der Waals surface area (Å²) in [5.41, 5.74) is 2.65.